The summed E-state index contributed by atoms with van der Waals surface area (Å²) in [5.41, 5.74) is 7.69. The third-order valence-corrected chi connectivity index (χ3v) is 8.98. The number of anilines is 1. The SMILES string of the molecule is Cc1cc2[nH]c(-c3n[nH]c4c3CC3[C@H](C)[C@]3(C)C4)nc2cc1N(C)C(=O)[C@H](C)N1CCOCC1. The van der Waals surface area contributed by atoms with Gasteiger partial charge in [0.1, 0.15) is 5.69 Å². The van der Waals surface area contributed by atoms with Crippen molar-refractivity contribution in [3.8, 4) is 11.5 Å². The zero-order chi connectivity index (χ0) is 23.8. The van der Waals surface area contributed by atoms with Crippen LogP contribution in [0.2, 0.25) is 0 Å². The van der Waals surface area contributed by atoms with Crippen LogP contribution in [0, 0.1) is 24.2 Å². The van der Waals surface area contributed by atoms with Crippen molar-refractivity contribution in [1.82, 2.24) is 25.1 Å². The van der Waals surface area contributed by atoms with Gasteiger partial charge in [-0.05, 0) is 61.6 Å². The molecule has 3 heterocycles. The zero-order valence-corrected chi connectivity index (χ0v) is 20.7. The van der Waals surface area contributed by atoms with Gasteiger partial charge in [0.25, 0.3) is 0 Å². The summed E-state index contributed by atoms with van der Waals surface area (Å²) >= 11 is 0. The van der Waals surface area contributed by atoms with E-state index in [4.69, 9.17) is 9.72 Å². The number of hydrogen-bond acceptors (Lipinski definition) is 5. The van der Waals surface area contributed by atoms with Crippen LogP contribution in [-0.4, -0.2) is 70.4 Å². The van der Waals surface area contributed by atoms with Crippen LogP contribution in [-0.2, 0) is 22.4 Å². The summed E-state index contributed by atoms with van der Waals surface area (Å²) in [4.78, 5) is 25.6. The largest absolute Gasteiger partial charge is 0.379 e. The van der Waals surface area contributed by atoms with E-state index in [1.165, 1.54) is 11.3 Å². The molecule has 1 saturated carbocycles. The van der Waals surface area contributed by atoms with E-state index in [-0.39, 0.29) is 11.9 Å². The Balaban J connectivity index is 1.29. The van der Waals surface area contributed by atoms with Crippen molar-refractivity contribution in [2.24, 2.45) is 17.3 Å². The first-order valence-electron chi connectivity index (χ1n) is 12.4. The highest BCUT2D eigenvalue weighted by atomic mass is 16.5. The van der Waals surface area contributed by atoms with Crippen molar-refractivity contribution in [1.29, 1.82) is 0 Å². The van der Waals surface area contributed by atoms with Gasteiger partial charge in [-0.3, -0.25) is 14.8 Å². The van der Waals surface area contributed by atoms with E-state index < -0.39 is 0 Å². The third kappa shape index (κ3) is 3.22. The van der Waals surface area contributed by atoms with Gasteiger partial charge in [-0.15, -0.1) is 0 Å². The van der Waals surface area contributed by atoms with Crippen LogP contribution in [0.3, 0.4) is 0 Å². The normalized spacial score (nSPS) is 27.3. The Labute approximate surface area is 200 Å². The Kier molecular flexibility index (Phi) is 4.90. The standard InChI is InChI=1S/C26H34N6O2/c1-14-10-19-20(12-22(14)31(5)25(33)16(3)32-6-8-34-9-7-32)28-24(27-19)23-17-11-18-15(2)26(18,4)13-21(17)29-30-23/h10,12,15-16,18H,6-9,11,13H2,1-5H3,(H,27,28)(H,29,30)/t15-,16-,18?,26-/m0/s1. The fourth-order valence-electron chi connectivity index (χ4n) is 6.32. The van der Waals surface area contributed by atoms with E-state index in [0.717, 1.165) is 71.6 Å². The number of amides is 1. The topological polar surface area (TPSA) is 90.1 Å². The zero-order valence-electron chi connectivity index (χ0n) is 20.7. The number of aromatic amines is 2. The van der Waals surface area contributed by atoms with Crippen molar-refractivity contribution in [2.45, 2.75) is 46.6 Å². The van der Waals surface area contributed by atoms with Crippen LogP contribution in [0.15, 0.2) is 12.1 Å². The maximum Gasteiger partial charge on any atom is 0.243 e. The first-order valence-corrected chi connectivity index (χ1v) is 12.4. The summed E-state index contributed by atoms with van der Waals surface area (Å²) in [6.45, 7) is 11.7. The van der Waals surface area contributed by atoms with Crippen LogP contribution in [0.25, 0.3) is 22.6 Å². The van der Waals surface area contributed by atoms with Crippen molar-refractivity contribution in [3.05, 3.63) is 29.0 Å². The highest BCUT2D eigenvalue weighted by molar-refractivity contribution is 5.99. The van der Waals surface area contributed by atoms with E-state index in [9.17, 15) is 4.79 Å². The molecule has 180 valence electrons. The molecule has 6 rings (SSSR count). The maximum absolute atomic E-state index is 13.3. The first-order chi connectivity index (χ1) is 16.3. The van der Waals surface area contributed by atoms with Gasteiger partial charge in [0.2, 0.25) is 5.91 Å². The molecular weight excluding hydrogens is 428 g/mol. The number of imidazole rings is 1. The van der Waals surface area contributed by atoms with E-state index in [1.807, 2.05) is 27.0 Å². The number of carbonyl (C=O) groups excluding carboxylic acids is 1. The van der Waals surface area contributed by atoms with Crippen LogP contribution >= 0.6 is 0 Å². The lowest BCUT2D eigenvalue weighted by molar-refractivity contribution is -0.124. The van der Waals surface area contributed by atoms with Crippen LogP contribution in [0.1, 0.15) is 37.6 Å². The van der Waals surface area contributed by atoms with Gasteiger partial charge in [-0.25, -0.2) is 4.98 Å². The van der Waals surface area contributed by atoms with Gasteiger partial charge < -0.3 is 14.6 Å². The molecule has 3 aliphatic rings. The van der Waals surface area contributed by atoms with E-state index in [2.05, 4.69) is 40.0 Å². The lowest BCUT2D eigenvalue weighted by Crippen LogP contribution is -2.50. The average Bonchev–Trinajstić information content (AvgIpc) is 3.18. The number of nitrogens with zero attached hydrogens (tertiary/aromatic N) is 4. The van der Waals surface area contributed by atoms with Gasteiger partial charge in [0.15, 0.2) is 5.82 Å². The number of aromatic nitrogens is 4. The van der Waals surface area contributed by atoms with E-state index >= 15 is 0 Å². The molecule has 0 radical (unpaired) electrons. The number of benzene rings is 1. The molecule has 1 saturated heterocycles. The second-order valence-corrected chi connectivity index (χ2v) is 10.8. The number of morpholine rings is 1. The van der Waals surface area contributed by atoms with Crippen LogP contribution in [0.4, 0.5) is 5.69 Å². The quantitative estimate of drug-likeness (QED) is 0.621. The molecule has 1 unspecified atom stereocenters. The van der Waals surface area contributed by atoms with Crippen molar-refractivity contribution < 1.29 is 9.53 Å². The van der Waals surface area contributed by atoms with E-state index in [0.29, 0.717) is 18.6 Å². The summed E-state index contributed by atoms with van der Waals surface area (Å²) in [5.74, 6) is 2.39. The number of hydrogen-bond donors (Lipinski definition) is 2. The number of rotatable bonds is 4. The predicted molar refractivity (Wildman–Crippen MR) is 132 cm³/mol. The molecule has 3 aromatic rings. The van der Waals surface area contributed by atoms with E-state index in [1.54, 1.807) is 4.90 Å². The Hall–Kier alpha value is -2.71. The van der Waals surface area contributed by atoms with Crippen molar-refractivity contribution in [2.75, 3.05) is 38.3 Å². The Morgan fingerprint density at radius 2 is 2.09 bits per heavy atom. The maximum atomic E-state index is 13.3. The number of aryl methyl sites for hydroxylation is 1. The van der Waals surface area contributed by atoms with Gasteiger partial charge in [0.05, 0.1) is 30.3 Å². The molecule has 0 spiro atoms. The Bertz CT molecular complexity index is 1270. The molecule has 2 aliphatic carbocycles. The molecule has 1 amide bonds. The molecule has 2 fully saturated rings. The lowest BCUT2D eigenvalue weighted by Gasteiger charge is -2.33. The number of carbonyl (C=O) groups is 1. The molecular formula is C26H34N6O2. The average molecular weight is 463 g/mol. The number of likely N-dealkylation sites (N-methyl/N-ethyl adjacent to an activating group) is 1. The highest BCUT2D eigenvalue weighted by Crippen LogP contribution is 2.64. The summed E-state index contributed by atoms with van der Waals surface area (Å²) in [5, 5.41) is 7.95. The number of fused-ring (bicyclic) bond motifs is 3. The minimum atomic E-state index is -0.190. The Morgan fingerprint density at radius 1 is 1.32 bits per heavy atom. The molecule has 8 nitrogen and oxygen atoms in total. The summed E-state index contributed by atoms with van der Waals surface area (Å²) in [6.07, 6.45) is 2.13. The molecule has 34 heavy (non-hydrogen) atoms. The minimum absolute atomic E-state index is 0.0862. The molecule has 0 bridgehead atoms. The molecule has 4 atom stereocenters. The number of H-pyrrole nitrogens is 2. The molecule has 1 aromatic carbocycles. The van der Waals surface area contributed by atoms with Crippen LogP contribution in [0.5, 0.6) is 0 Å². The smallest absolute Gasteiger partial charge is 0.243 e. The second-order valence-electron chi connectivity index (χ2n) is 10.8. The summed E-state index contributed by atoms with van der Waals surface area (Å²) in [6, 6.07) is 3.92. The Morgan fingerprint density at radius 3 is 2.85 bits per heavy atom. The van der Waals surface area contributed by atoms with Gasteiger partial charge in [-0.1, -0.05) is 13.8 Å². The third-order valence-electron chi connectivity index (χ3n) is 8.98. The first kappa shape index (κ1) is 21.8. The van der Waals surface area contributed by atoms with Crippen LogP contribution < -0.4 is 4.90 Å². The molecule has 2 N–H and O–H groups in total. The summed E-state index contributed by atoms with van der Waals surface area (Å²) < 4.78 is 5.44. The monoisotopic (exact) mass is 462 g/mol. The summed E-state index contributed by atoms with van der Waals surface area (Å²) in [7, 11) is 1.86. The van der Waals surface area contributed by atoms with Crippen molar-refractivity contribution >= 4 is 22.6 Å². The van der Waals surface area contributed by atoms with Gasteiger partial charge in [0, 0.05) is 37.1 Å². The fourth-order valence-corrected chi connectivity index (χ4v) is 6.32. The van der Waals surface area contributed by atoms with Crippen molar-refractivity contribution in [3.63, 3.8) is 0 Å². The minimum Gasteiger partial charge on any atom is -0.379 e. The lowest BCUT2D eigenvalue weighted by atomic mass is 9.87. The number of nitrogens with one attached hydrogen (secondary N) is 2. The number of ether oxygens (including phenoxy) is 1. The highest BCUT2D eigenvalue weighted by Gasteiger charge is 2.60. The molecule has 8 heteroatoms. The fraction of sp³-hybridized carbons (Fsp3) is 0.577. The van der Waals surface area contributed by atoms with Gasteiger partial charge >= 0.3 is 0 Å². The molecule has 2 aromatic heterocycles. The van der Waals surface area contributed by atoms with Gasteiger partial charge in [-0.2, -0.15) is 5.10 Å². The molecule has 1 aliphatic heterocycles. The predicted octanol–water partition coefficient (Wildman–Crippen LogP) is 3.32. The second kappa shape index (κ2) is 7.65.